The summed E-state index contributed by atoms with van der Waals surface area (Å²) in [7, 11) is -0.313. The number of aldehydes is 1. The second-order valence-corrected chi connectivity index (χ2v) is 7.10. The first-order chi connectivity index (χ1) is 11.4. The molecule has 25 heavy (non-hydrogen) atoms. The predicted octanol–water partition coefficient (Wildman–Crippen LogP) is 4.23. The van der Waals surface area contributed by atoms with Crippen LogP contribution in [0, 0.1) is 16.7 Å². The van der Waals surface area contributed by atoms with Crippen molar-refractivity contribution in [3.8, 4) is 0 Å². The minimum atomic E-state index is -0.313. The molecule has 2 aliphatic rings. The highest BCUT2D eigenvalue weighted by Gasteiger charge is 2.52. The van der Waals surface area contributed by atoms with Crippen LogP contribution in [0.4, 0.5) is 3.89 Å². The van der Waals surface area contributed by atoms with Crippen LogP contribution in [0.2, 0.25) is 0 Å². The lowest BCUT2D eigenvalue weighted by Gasteiger charge is -2.32. The number of hydrogen-bond acceptors (Lipinski definition) is 6. The zero-order valence-corrected chi connectivity index (χ0v) is 16.8. The van der Waals surface area contributed by atoms with Gasteiger partial charge in [-0.25, -0.2) is 0 Å². The van der Waals surface area contributed by atoms with Crippen LogP contribution >= 0.6 is 12.1 Å². The van der Waals surface area contributed by atoms with Gasteiger partial charge in [0.15, 0.2) is 6.29 Å². The molecule has 140 valence electrons. The molecule has 0 radical (unpaired) electrons. The molecule has 5 nitrogen and oxygen atoms in total. The molecule has 1 fully saturated rings. The van der Waals surface area contributed by atoms with E-state index in [1.54, 1.807) is 0 Å². The summed E-state index contributed by atoms with van der Waals surface area (Å²) in [6.07, 6.45) is 7.67. The Kier molecular flexibility index (Phi) is 9.54. The van der Waals surface area contributed by atoms with Gasteiger partial charge >= 0.3 is 7.12 Å². The van der Waals surface area contributed by atoms with E-state index in [2.05, 4.69) is 0 Å². The lowest BCUT2D eigenvalue weighted by molar-refractivity contribution is -0.102. The summed E-state index contributed by atoms with van der Waals surface area (Å²) in [4.78, 5) is 9.28. The molecule has 2 rings (SSSR count). The molecule has 1 unspecified atom stereocenters. The van der Waals surface area contributed by atoms with Crippen molar-refractivity contribution < 1.29 is 18.0 Å². The zero-order valence-electron chi connectivity index (χ0n) is 16.0. The standard InChI is InChI=1S/C13H20BNO2.C3H5NO.CH3FS/c1-9-8-10(6-7-11(9)15)14-16-12(2,3)13(4,5)17-14;1-3(4)2-5;1-3-2/h6-9,15H,1-5H3;2,4H,1H3;1H3. The van der Waals surface area contributed by atoms with Gasteiger partial charge in [-0.3, -0.25) is 4.79 Å². The van der Waals surface area contributed by atoms with Crippen molar-refractivity contribution in [3.63, 3.8) is 0 Å². The van der Waals surface area contributed by atoms with E-state index < -0.39 is 0 Å². The molecule has 8 heteroatoms. The fraction of sp³-hybridized carbons (Fsp3) is 0.588. The largest absolute Gasteiger partial charge is 0.494 e. The van der Waals surface area contributed by atoms with Gasteiger partial charge in [0.2, 0.25) is 0 Å². The maximum absolute atomic E-state index is 10.2. The molecule has 0 bridgehead atoms. The Bertz CT molecular complexity index is 546. The Hall–Kier alpha value is -1.25. The quantitative estimate of drug-likeness (QED) is 0.433. The minimum Gasteiger partial charge on any atom is -0.399 e. The van der Waals surface area contributed by atoms with Crippen LogP contribution in [-0.4, -0.2) is 42.3 Å². The van der Waals surface area contributed by atoms with Gasteiger partial charge in [-0.2, -0.15) is 3.89 Å². The lowest BCUT2D eigenvalue weighted by Crippen LogP contribution is -2.41. The average molecular weight is 370 g/mol. The van der Waals surface area contributed by atoms with Gasteiger partial charge in [-0.1, -0.05) is 19.1 Å². The second kappa shape index (κ2) is 10.0. The second-order valence-electron chi connectivity index (χ2n) is 6.79. The first-order valence-electron chi connectivity index (χ1n) is 7.90. The monoisotopic (exact) mass is 370 g/mol. The van der Waals surface area contributed by atoms with Gasteiger partial charge in [0.05, 0.1) is 16.9 Å². The summed E-state index contributed by atoms with van der Waals surface area (Å²) >= 11 is 0.250. The fourth-order valence-corrected chi connectivity index (χ4v) is 1.91. The number of rotatable bonds is 2. The summed E-state index contributed by atoms with van der Waals surface area (Å²) in [5.41, 5.74) is 1.11. The molecule has 1 saturated heterocycles. The number of carbonyl (C=O) groups excluding carboxylic acids is 1. The van der Waals surface area contributed by atoms with E-state index >= 15 is 0 Å². The average Bonchev–Trinajstić information content (AvgIpc) is 2.72. The fourth-order valence-electron chi connectivity index (χ4n) is 1.91. The summed E-state index contributed by atoms with van der Waals surface area (Å²) in [6, 6.07) is 0. The first-order valence-corrected chi connectivity index (χ1v) is 9.03. The van der Waals surface area contributed by atoms with Gasteiger partial charge in [-0.05, 0) is 46.2 Å². The van der Waals surface area contributed by atoms with E-state index in [4.69, 9.17) is 20.1 Å². The molecule has 1 aliphatic heterocycles. The Morgan fingerprint density at radius 3 is 2.00 bits per heavy atom. The Balaban J connectivity index is 0.000000610. The van der Waals surface area contributed by atoms with Crippen LogP contribution in [0.5, 0.6) is 0 Å². The van der Waals surface area contributed by atoms with Gasteiger partial charge < -0.3 is 20.1 Å². The Labute approximate surface area is 154 Å². The van der Waals surface area contributed by atoms with E-state index in [1.165, 1.54) is 13.2 Å². The predicted molar refractivity (Wildman–Crippen MR) is 104 cm³/mol. The summed E-state index contributed by atoms with van der Waals surface area (Å²) in [6.45, 7) is 11.6. The van der Waals surface area contributed by atoms with Crippen molar-refractivity contribution in [1.82, 2.24) is 0 Å². The Morgan fingerprint density at radius 2 is 1.68 bits per heavy atom. The van der Waals surface area contributed by atoms with Crippen molar-refractivity contribution in [3.05, 3.63) is 23.7 Å². The normalized spacial score (nSPS) is 22.9. The van der Waals surface area contributed by atoms with Crippen LogP contribution < -0.4 is 0 Å². The topological polar surface area (TPSA) is 83.2 Å². The summed E-state index contributed by atoms with van der Waals surface area (Å²) < 4.78 is 22.2. The maximum atomic E-state index is 10.2. The molecule has 1 aliphatic carbocycles. The SMILES string of the molecule is CC(=N)C=O.CC1C=C(B2OC(C)(C)C(C)(C)O2)C=CC1=N.CSF. The highest BCUT2D eigenvalue weighted by atomic mass is 32.2. The molecule has 0 aromatic rings. The van der Waals surface area contributed by atoms with Crippen LogP contribution in [0.1, 0.15) is 41.5 Å². The molecular weight excluding hydrogens is 342 g/mol. The molecule has 0 amide bonds. The van der Waals surface area contributed by atoms with Crippen LogP contribution in [0.15, 0.2) is 23.7 Å². The van der Waals surface area contributed by atoms with Crippen LogP contribution in [0.25, 0.3) is 0 Å². The van der Waals surface area contributed by atoms with Crippen molar-refractivity contribution in [1.29, 1.82) is 10.8 Å². The number of halogens is 1. The summed E-state index contributed by atoms with van der Waals surface area (Å²) in [5.74, 6) is 0.133. The van der Waals surface area contributed by atoms with E-state index in [1.807, 2.05) is 52.8 Å². The highest BCUT2D eigenvalue weighted by Crippen LogP contribution is 2.39. The summed E-state index contributed by atoms with van der Waals surface area (Å²) in [5, 5.41) is 14.1. The molecule has 0 spiro atoms. The molecule has 1 atom stereocenters. The molecule has 2 N–H and O–H groups in total. The Morgan fingerprint density at radius 1 is 1.28 bits per heavy atom. The van der Waals surface area contributed by atoms with Gasteiger partial charge in [0, 0.05) is 30.0 Å². The van der Waals surface area contributed by atoms with Crippen LogP contribution in [-0.2, 0) is 14.1 Å². The lowest BCUT2D eigenvalue weighted by atomic mass is 9.73. The van der Waals surface area contributed by atoms with Gasteiger partial charge in [0.25, 0.3) is 0 Å². The van der Waals surface area contributed by atoms with Crippen molar-refractivity contribution in [2.75, 3.05) is 6.26 Å². The third-order valence-electron chi connectivity index (χ3n) is 4.09. The van der Waals surface area contributed by atoms with Crippen molar-refractivity contribution >= 4 is 37.0 Å². The first kappa shape index (κ1) is 23.8. The highest BCUT2D eigenvalue weighted by molar-refractivity contribution is 7.93. The number of hydrogen-bond donors (Lipinski definition) is 2. The third-order valence-corrected chi connectivity index (χ3v) is 4.09. The number of nitrogens with one attached hydrogen (secondary N) is 2. The van der Waals surface area contributed by atoms with E-state index in [-0.39, 0.29) is 42.1 Å². The van der Waals surface area contributed by atoms with Crippen molar-refractivity contribution in [2.45, 2.75) is 52.7 Å². The third kappa shape index (κ3) is 7.26. The van der Waals surface area contributed by atoms with E-state index in [9.17, 15) is 8.68 Å². The van der Waals surface area contributed by atoms with Gasteiger partial charge in [-0.15, -0.1) is 0 Å². The van der Waals surface area contributed by atoms with E-state index in [0.717, 1.165) is 5.47 Å². The maximum Gasteiger partial charge on any atom is 0.494 e. The molecular formula is C17H28BFN2O3S. The van der Waals surface area contributed by atoms with Crippen LogP contribution in [0.3, 0.4) is 0 Å². The number of allylic oxidation sites excluding steroid dienone is 4. The van der Waals surface area contributed by atoms with Gasteiger partial charge in [0.1, 0.15) is 0 Å². The van der Waals surface area contributed by atoms with E-state index in [0.29, 0.717) is 12.0 Å². The smallest absolute Gasteiger partial charge is 0.399 e. The molecule has 0 aromatic carbocycles. The molecule has 0 aromatic heterocycles. The van der Waals surface area contributed by atoms with Crippen molar-refractivity contribution in [2.24, 2.45) is 5.92 Å². The number of carbonyl (C=O) groups is 1. The molecule has 1 heterocycles. The molecule has 0 saturated carbocycles. The minimum absolute atomic E-state index is 0.0741. The zero-order chi connectivity index (χ0) is 19.8.